The molecule has 4 heteroatoms. The van der Waals surface area contributed by atoms with E-state index in [-0.39, 0.29) is 5.91 Å². The molecule has 4 nitrogen and oxygen atoms in total. The number of ether oxygens (including phenoxy) is 1. The number of piperazine rings is 1. The zero-order valence-corrected chi connectivity index (χ0v) is 11.1. The van der Waals surface area contributed by atoms with E-state index in [4.69, 9.17) is 4.74 Å². The molecule has 98 valence electrons. The van der Waals surface area contributed by atoms with Crippen molar-refractivity contribution in [2.24, 2.45) is 0 Å². The molecular weight excluding hydrogens is 228 g/mol. The first-order chi connectivity index (χ1) is 8.72. The van der Waals surface area contributed by atoms with Crippen LogP contribution in [-0.2, 0) is 11.3 Å². The number of likely N-dealkylation sites (N-methyl/N-ethyl adjacent to an activating group) is 1. The molecule has 1 aliphatic heterocycles. The molecule has 0 spiro atoms. The van der Waals surface area contributed by atoms with E-state index in [1.807, 2.05) is 29.2 Å². The molecule has 0 aliphatic carbocycles. The fourth-order valence-corrected chi connectivity index (χ4v) is 2.15. The van der Waals surface area contributed by atoms with Gasteiger partial charge < -0.3 is 9.64 Å². The van der Waals surface area contributed by atoms with Crippen LogP contribution in [0.2, 0.25) is 0 Å². The third-order valence-corrected chi connectivity index (χ3v) is 3.38. The number of hydrogen-bond donors (Lipinski definition) is 0. The summed E-state index contributed by atoms with van der Waals surface area (Å²) in [6.07, 6.45) is 0. The van der Waals surface area contributed by atoms with Crippen LogP contribution in [0.3, 0.4) is 0 Å². The zero-order valence-electron chi connectivity index (χ0n) is 11.1. The van der Waals surface area contributed by atoms with E-state index in [9.17, 15) is 4.79 Å². The lowest BCUT2D eigenvalue weighted by Crippen LogP contribution is -2.49. The van der Waals surface area contributed by atoms with Crippen LogP contribution in [0.15, 0.2) is 24.3 Å². The van der Waals surface area contributed by atoms with Crippen LogP contribution in [0.1, 0.15) is 12.5 Å². The molecule has 0 unspecified atom stereocenters. The largest absolute Gasteiger partial charge is 0.497 e. The first-order valence-corrected chi connectivity index (χ1v) is 6.36. The molecule has 1 amide bonds. The number of rotatable bonds is 4. The topological polar surface area (TPSA) is 32.8 Å². The number of carbonyl (C=O) groups is 1. The van der Waals surface area contributed by atoms with Gasteiger partial charge in [-0.25, -0.2) is 0 Å². The van der Waals surface area contributed by atoms with Crippen LogP contribution in [0.5, 0.6) is 5.75 Å². The third-order valence-electron chi connectivity index (χ3n) is 3.38. The predicted octanol–water partition coefficient (Wildman–Crippen LogP) is 1.36. The van der Waals surface area contributed by atoms with Gasteiger partial charge in [0, 0.05) is 19.6 Å². The lowest BCUT2D eigenvalue weighted by molar-refractivity contribution is -0.136. The molecule has 0 atom stereocenters. The van der Waals surface area contributed by atoms with Crippen LogP contribution < -0.4 is 4.74 Å². The van der Waals surface area contributed by atoms with E-state index >= 15 is 0 Å². The molecule has 1 aromatic rings. The van der Waals surface area contributed by atoms with Gasteiger partial charge in [-0.2, -0.15) is 0 Å². The van der Waals surface area contributed by atoms with Crippen molar-refractivity contribution in [3.05, 3.63) is 29.8 Å². The predicted molar refractivity (Wildman–Crippen MR) is 70.5 cm³/mol. The maximum atomic E-state index is 12.0. The standard InChI is InChI=1S/C14H20N2O2/c1-3-15-8-9-16(14(17)11-15)10-12-4-6-13(18-2)7-5-12/h4-7H,3,8-11H2,1-2H3. The zero-order chi connectivity index (χ0) is 13.0. The van der Waals surface area contributed by atoms with Gasteiger partial charge in [-0.05, 0) is 24.2 Å². The number of carbonyl (C=O) groups excluding carboxylic acids is 1. The average molecular weight is 248 g/mol. The van der Waals surface area contributed by atoms with Crippen LogP contribution in [0.25, 0.3) is 0 Å². The molecule has 0 saturated carbocycles. The summed E-state index contributed by atoms with van der Waals surface area (Å²) in [6.45, 7) is 6.07. The minimum Gasteiger partial charge on any atom is -0.497 e. The SMILES string of the molecule is CCN1CCN(Cc2ccc(OC)cc2)C(=O)C1. The molecule has 1 aromatic carbocycles. The van der Waals surface area contributed by atoms with Crippen molar-refractivity contribution in [2.75, 3.05) is 33.3 Å². The highest BCUT2D eigenvalue weighted by Crippen LogP contribution is 2.14. The number of nitrogens with zero attached hydrogens (tertiary/aromatic N) is 2. The van der Waals surface area contributed by atoms with E-state index < -0.39 is 0 Å². The molecule has 0 aromatic heterocycles. The normalized spacial score (nSPS) is 17.0. The summed E-state index contributed by atoms with van der Waals surface area (Å²) in [5.41, 5.74) is 1.15. The van der Waals surface area contributed by atoms with Crippen molar-refractivity contribution < 1.29 is 9.53 Å². The Morgan fingerprint density at radius 1 is 1.22 bits per heavy atom. The molecular formula is C14H20N2O2. The van der Waals surface area contributed by atoms with E-state index in [1.54, 1.807) is 7.11 Å². The Bertz CT molecular complexity index is 403. The smallest absolute Gasteiger partial charge is 0.237 e. The van der Waals surface area contributed by atoms with E-state index in [0.29, 0.717) is 13.1 Å². The van der Waals surface area contributed by atoms with Gasteiger partial charge in [0.2, 0.25) is 5.91 Å². The summed E-state index contributed by atoms with van der Waals surface area (Å²) >= 11 is 0. The number of methoxy groups -OCH3 is 1. The van der Waals surface area contributed by atoms with Gasteiger partial charge in [-0.15, -0.1) is 0 Å². The first kappa shape index (κ1) is 12.9. The minimum atomic E-state index is 0.221. The summed E-state index contributed by atoms with van der Waals surface area (Å²) < 4.78 is 5.12. The molecule has 1 saturated heterocycles. The van der Waals surface area contributed by atoms with Crippen LogP contribution >= 0.6 is 0 Å². The van der Waals surface area contributed by atoms with E-state index in [1.165, 1.54) is 0 Å². The highest BCUT2D eigenvalue weighted by Gasteiger charge is 2.22. The summed E-state index contributed by atoms with van der Waals surface area (Å²) in [6, 6.07) is 7.89. The Labute approximate surface area is 108 Å². The lowest BCUT2D eigenvalue weighted by atomic mass is 10.2. The van der Waals surface area contributed by atoms with Gasteiger partial charge in [-0.3, -0.25) is 9.69 Å². The van der Waals surface area contributed by atoms with Gasteiger partial charge in [-0.1, -0.05) is 19.1 Å². The van der Waals surface area contributed by atoms with E-state index in [2.05, 4.69) is 11.8 Å². The molecule has 1 heterocycles. The molecule has 18 heavy (non-hydrogen) atoms. The first-order valence-electron chi connectivity index (χ1n) is 6.36. The summed E-state index contributed by atoms with van der Waals surface area (Å²) in [4.78, 5) is 16.0. The van der Waals surface area contributed by atoms with Gasteiger partial charge in [0.1, 0.15) is 5.75 Å². The Morgan fingerprint density at radius 3 is 2.50 bits per heavy atom. The summed E-state index contributed by atoms with van der Waals surface area (Å²) in [5.74, 6) is 1.07. The average Bonchev–Trinajstić information content (AvgIpc) is 2.42. The van der Waals surface area contributed by atoms with Gasteiger partial charge in [0.05, 0.1) is 13.7 Å². The third kappa shape index (κ3) is 3.01. The molecule has 1 aliphatic rings. The monoisotopic (exact) mass is 248 g/mol. The van der Waals surface area contributed by atoms with Crippen molar-refractivity contribution in [1.82, 2.24) is 9.80 Å². The van der Waals surface area contributed by atoms with Crippen molar-refractivity contribution in [3.8, 4) is 5.75 Å². The van der Waals surface area contributed by atoms with Crippen LogP contribution in [-0.4, -0.2) is 49.0 Å². The second-order valence-electron chi connectivity index (χ2n) is 4.53. The Morgan fingerprint density at radius 2 is 1.94 bits per heavy atom. The second-order valence-corrected chi connectivity index (χ2v) is 4.53. The molecule has 0 bridgehead atoms. The number of hydrogen-bond acceptors (Lipinski definition) is 3. The Balaban J connectivity index is 1.94. The fraction of sp³-hybridized carbons (Fsp3) is 0.500. The maximum absolute atomic E-state index is 12.0. The second kappa shape index (κ2) is 5.87. The Hall–Kier alpha value is -1.55. The van der Waals surface area contributed by atoms with Gasteiger partial charge in [0.25, 0.3) is 0 Å². The molecule has 0 N–H and O–H groups in total. The quantitative estimate of drug-likeness (QED) is 0.806. The summed E-state index contributed by atoms with van der Waals surface area (Å²) in [5, 5.41) is 0. The van der Waals surface area contributed by atoms with Crippen molar-refractivity contribution >= 4 is 5.91 Å². The number of amides is 1. The fourth-order valence-electron chi connectivity index (χ4n) is 2.15. The minimum absolute atomic E-state index is 0.221. The molecule has 2 rings (SSSR count). The lowest BCUT2D eigenvalue weighted by Gasteiger charge is -2.33. The number of benzene rings is 1. The van der Waals surface area contributed by atoms with E-state index in [0.717, 1.165) is 30.9 Å². The molecule has 0 radical (unpaired) electrons. The maximum Gasteiger partial charge on any atom is 0.237 e. The van der Waals surface area contributed by atoms with Crippen molar-refractivity contribution in [1.29, 1.82) is 0 Å². The molecule has 1 fully saturated rings. The van der Waals surface area contributed by atoms with Crippen LogP contribution in [0, 0.1) is 0 Å². The highest BCUT2D eigenvalue weighted by molar-refractivity contribution is 5.79. The van der Waals surface area contributed by atoms with Crippen LogP contribution in [0.4, 0.5) is 0 Å². The van der Waals surface area contributed by atoms with Gasteiger partial charge >= 0.3 is 0 Å². The van der Waals surface area contributed by atoms with Crippen molar-refractivity contribution in [2.45, 2.75) is 13.5 Å². The highest BCUT2D eigenvalue weighted by atomic mass is 16.5. The van der Waals surface area contributed by atoms with Gasteiger partial charge in [0.15, 0.2) is 0 Å². The Kier molecular flexibility index (Phi) is 4.20. The van der Waals surface area contributed by atoms with Crippen molar-refractivity contribution in [3.63, 3.8) is 0 Å². The summed E-state index contributed by atoms with van der Waals surface area (Å²) in [7, 11) is 1.66.